The normalized spacial score (nSPS) is 16.0. The fourth-order valence-corrected chi connectivity index (χ4v) is 2.54. The van der Waals surface area contributed by atoms with Gasteiger partial charge in [0.25, 0.3) is 0 Å². The molecule has 2 atom stereocenters. The van der Waals surface area contributed by atoms with Crippen LogP contribution in [0.15, 0.2) is 0 Å². The Kier molecular flexibility index (Phi) is 9.94. The number of carbonyl (C=O) groups excluding carboxylic acids is 1. The minimum Gasteiger partial charge on any atom is -0.444 e. The fourth-order valence-electron chi connectivity index (χ4n) is 2.08. The monoisotopic (exact) mass is 427 g/mol. The number of likely N-dealkylation sites (N-methyl/N-ethyl adjacent to an activating group) is 1. The van der Waals surface area contributed by atoms with Crippen LogP contribution in [-0.2, 0) is 9.47 Å². The number of halogens is 1. The Labute approximate surface area is 150 Å². The van der Waals surface area contributed by atoms with Crippen molar-refractivity contribution in [2.45, 2.75) is 72.5 Å². The third-order valence-electron chi connectivity index (χ3n) is 3.34. The summed E-state index contributed by atoms with van der Waals surface area (Å²) in [4.78, 5) is 14.0. The first-order valence-electron chi connectivity index (χ1n) is 8.24. The summed E-state index contributed by atoms with van der Waals surface area (Å²) in [6, 6.07) is 0. The van der Waals surface area contributed by atoms with Gasteiger partial charge in [0.2, 0.25) is 0 Å². The van der Waals surface area contributed by atoms with Gasteiger partial charge in [-0.2, -0.15) is 0 Å². The second-order valence-electron chi connectivity index (χ2n) is 7.28. The maximum Gasteiger partial charge on any atom is 0.410 e. The maximum atomic E-state index is 12.3. The van der Waals surface area contributed by atoms with Gasteiger partial charge in [0.05, 0.1) is 12.1 Å². The lowest BCUT2D eigenvalue weighted by molar-refractivity contribution is -0.0525. The molecular weight excluding hydrogens is 393 g/mol. The largest absolute Gasteiger partial charge is 0.444 e. The molecule has 5 heteroatoms. The lowest BCUT2D eigenvalue weighted by Gasteiger charge is -2.35. The van der Waals surface area contributed by atoms with E-state index < -0.39 is 5.60 Å². The Morgan fingerprint density at radius 3 is 2.23 bits per heavy atom. The van der Waals surface area contributed by atoms with Gasteiger partial charge >= 0.3 is 6.09 Å². The van der Waals surface area contributed by atoms with Crippen molar-refractivity contribution in [2.75, 3.05) is 24.1 Å². The summed E-state index contributed by atoms with van der Waals surface area (Å²) >= 11 is 2.33. The molecule has 0 rings (SSSR count). The molecule has 4 nitrogen and oxygen atoms in total. The quantitative estimate of drug-likeness (QED) is 0.389. The molecule has 22 heavy (non-hydrogen) atoms. The zero-order valence-electron chi connectivity index (χ0n) is 15.4. The van der Waals surface area contributed by atoms with E-state index in [1.54, 1.807) is 4.90 Å². The maximum absolute atomic E-state index is 12.3. The van der Waals surface area contributed by atoms with Crippen molar-refractivity contribution >= 4 is 28.7 Å². The summed E-state index contributed by atoms with van der Waals surface area (Å²) in [6.07, 6.45) is 2.07. The SMILES string of the molecule is CCCC(C)COC(C)(CI)CN(CC)C(=O)OC(C)(C)C. The van der Waals surface area contributed by atoms with Crippen LogP contribution < -0.4 is 0 Å². The number of ether oxygens (including phenoxy) is 2. The van der Waals surface area contributed by atoms with E-state index in [2.05, 4.69) is 43.4 Å². The molecule has 0 aliphatic heterocycles. The summed E-state index contributed by atoms with van der Waals surface area (Å²) in [6.45, 7) is 16.0. The highest BCUT2D eigenvalue weighted by molar-refractivity contribution is 14.1. The molecule has 0 N–H and O–H groups in total. The van der Waals surface area contributed by atoms with E-state index in [0.29, 0.717) is 19.0 Å². The lowest BCUT2D eigenvalue weighted by Crippen LogP contribution is -2.48. The average Bonchev–Trinajstić information content (AvgIpc) is 2.41. The van der Waals surface area contributed by atoms with E-state index in [4.69, 9.17) is 9.47 Å². The summed E-state index contributed by atoms with van der Waals surface area (Å²) in [7, 11) is 0. The Morgan fingerprint density at radius 1 is 1.23 bits per heavy atom. The first-order valence-corrected chi connectivity index (χ1v) is 9.77. The molecule has 0 saturated carbocycles. The van der Waals surface area contributed by atoms with E-state index in [0.717, 1.165) is 11.0 Å². The van der Waals surface area contributed by atoms with Gasteiger partial charge in [-0.3, -0.25) is 0 Å². The predicted molar refractivity (Wildman–Crippen MR) is 101 cm³/mol. The van der Waals surface area contributed by atoms with Gasteiger partial charge in [-0.25, -0.2) is 4.79 Å². The molecule has 1 amide bonds. The standard InChI is InChI=1S/C17H34INO3/c1-8-10-14(3)11-21-17(7,12-18)13-19(9-2)15(20)22-16(4,5)6/h14H,8-13H2,1-7H3. The van der Waals surface area contributed by atoms with Crippen LogP contribution in [-0.4, -0.2) is 46.3 Å². The molecule has 2 unspecified atom stereocenters. The van der Waals surface area contributed by atoms with Crippen molar-refractivity contribution < 1.29 is 14.3 Å². The fraction of sp³-hybridized carbons (Fsp3) is 0.941. The van der Waals surface area contributed by atoms with Gasteiger partial charge in [0.15, 0.2) is 0 Å². The molecule has 0 aliphatic carbocycles. The number of hydrogen-bond acceptors (Lipinski definition) is 3. The highest BCUT2D eigenvalue weighted by atomic mass is 127. The molecule has 0 fully saturated rings. The highest BCUT2D eigenvalue weighted by Crippen LogP contribution is 2.20. The van der Waals surface area contributed by atoms with E-state index >= 15 is 0 Å². The van der Waals surface area contributed by atoms with E-state index in [9.17, 15) is 4.79 Å². The molecule has 0 radical (unpaired) electrons. The van der Waals surface area contributed by atoms with E-state index in [-0.39, 0.29) is 11.7 Å². The van der Waals surface area contributed by atoms with Gasteiger partial charge in [-0.15, -0.1) is 0 Å². The second-order valence-corrected chi connectivity index (χ2v) is 8.05. The van der Waals surface area contributed by atoms with Crippen molar-refractivity contribution in [1.82, 2.24) is 4.90 Å². The molecular formula is C17H34INO3. The van der Waals surface area contributed by atoms with Crippen molar-refractivity contribution in [1.29, 1.82) is 0 Å². The van der Waals surface area contributed by atoms with Crippen molar-refractivity contribution in [3.05, 3.63) is 0 Å². The van der Waals surface area contributed by atoms with Gasteiger partial charge in [0.1, 0.15) is 5.60 Å². The Bertz CT molecular complexity index is 330. The number of amides is 1. The summed E-state index contributed by atoms with van der Waals surface area (Å²) < 4.78 is 12.5. The Balaban J connectivity index is 4.67. The molecule has 0 aliphatic rings. The highest BCUT2D eigenvalue weighted by Gasteiger charge is 2.31. The van der Waals surface area contributed by atoms with Crippen LogP contribution in [0.25, 0.3) is 0 Å². The third kappa shape index (κ3) is 9.18. The van der Waals surface area contributed by atoms with Crippen LogP contribution in [0.1, 0.15) is 61.3 Å². The molecule has 0 bridgehead atoms. The zero-order chi connectivity index (χ0) is 17.4. The first kappa shape index (κ1) is 22.0. The summed E-state index contributed by atoms with van der Waals surface area (Å²) in [5, 5.41) is 0. The number of rotatable bonds is 9. The number of alkyl halides is 1. The Hall–Kier alpha value is -0.0400. The number of carbonyl (C=O) groups is 1. The molecule has 0 spiro atoms. The predicted octanol–water partition coefficient (Wildman–Crippen LogP) is 4.89. The number of nitrogens with zero attached hydrogens (tertiary/aromatic N) is 1. The van der Waals surface area contributed by atoms with Crippen LogP contribution >= 0.6 is 22.6 Å². The van der Waals surface area contributed by atoms with Gasteiger partial charge in [-0.05, 0) is 47.0 Å². The lowest BCUT2D eigenvalue weighted by atomic mass is 10.1. The number of hydrogen-bond donors (Lipinski definition) is 0. The van der Waals surface area contributed by atoms with Crippen molar-refractivity contribution in [2.24, 2.45) is 5.92 Å². The summed E-state index contributed by atoms with van der Waals surface area (Å²) in [5.74, 6) is 0.545. The second kappa shape index (κ2) is 9.96. The smallest absolute Gasteiger partial charge is 0.410 e. The Morgan fingerprint density at radius 2 is 1.82 bits per heavy atom. The minimum atomic E-state index is -0.471. The van der Waals surface area contributed by atoms with Crippen LogP contribution in [0.5, 0.6) is 0 Å². The first-order chi connectivity index (χ1) is 10.1. The molecule has 132 valence electrons. The molecule has 0 aromatic carbocycles. The molecule has 0 aromatic rings. The molecule has 0 aromatic heterocycles. The average molecular weight is 427 g/mol. The third-order valence-corrected chi connectivity index (χ3v) is 4.95. The van der Waals surface area contributed by atoms with Crippen molar-refractivity contribution in [3.8, 4) is 0 Å². The van der Waals surface area contributed by atoms with Crippen molar-refractivity contribution in [3.63, 3.8) is 0 Å². The zero-order valence-corrected chi connectivity index (χ0v) is 17.5. The van der Waals surface area contributed by atoms with E-state index in [1.165, 1.54) is 12.8 Å². The summed E-state index contributed by atoms with van der Waals surface area (Å²) in [5.41, 5.74) is -0.808. The van der Waals surface area contributed by atoms with Gasteiger partial charge < -0.3 is 14.4 Å². The van der Waals surface area contributed by atoms with E-state index in [1.807, 2.05) is 27.7 Å². The van der Waals surface area contributed by atoms with Gasteiger partial charge in [0, 0.05) is 17.6 Å². The minimum absolute atomic E-state index is 0.267. The van der Waals surface area contributed by atoms with Crippen LogP contribution in [0.4, 0.5) is 4.79 Å². The van der Waals surface area contributed by atoms with Crippen LogP contribution in [0.2, 0.25) is 0 Å². The van der Waals surface area contributed by atoms with Crippen LogP contribution in [0, 0.1) is 5.92 Å². The topological polar surface area (TPSA) is 38.8 Å². The molecule has 0 saturated heterocycles. The van der Waals surface area contributed by atoms with Gasteiger partial charge in [-0.1, -0.05) is 42.9 Å². The molecule has 0 heterocycles. The van der Waals surface area contributed by atoms with Crippen LogP contribution in [0.3, 0.4) is 0 Å².